The second-order valence-corrected chi connectivity index (χ2v) is 8.11. The zero-order valence-corrected chi connectivity index (χ0v) is 17.7. The van der Waals surface area contributed by atoms with Crippen LogP contribution in [-0.4, -0.2) is 45.2 Å². The molecule has 3 heterocycles. The van der Waals surface area contributed by atoms with Crippen LogP contribution in [0.4, 0.5) is 5.69 Å². The Morgan fingerprint density at radius 3 is 2.97 bits per heavy atom. The fourth-order valence-corrected chi connectivity index (χ4v) is 4.10. The minimum atomic E-state index is -0.200. The molecule has 0 saturated carbocycles. The number of fused-ring (bicyclic) bond motifs is 1. The molecule has 4 aromatic rings. The third kappa shape index (κ3) is 4.78. The number of aromatic nitrogens is 3. The van der Waals surface area contributed by atoms with Crippen LogP contribution in [0.25, 0.3) is 10.9 Å². The van der Waals surface area contributed by atoms with Crippen LogP contribution in [0, 0.1) is 0 Å². The number of likely N-dealkylation sites (tertiary alicyclic amines) is 1. The Hall–Kier alpha value is -3.71. The number of benzene rings is 2. The van der Waals surface area contributed by atoms with Gasteiger partial charge in [0.05, 0.1) is 11.7 Å². The first-order valence-corrected chi connectivity index (χ1v) is 10.9. The highest BCUT2D eigenvalue weighted by Gasteiger charge is 2.22. The first-order chi connectivity index (χ1) is 15.7. The average molecular weight is 428 g/mol. The summed E-state index contributed by atoms with van der Waals surface area (Å²) < 4.78 is 6.17. The molecule has 1 aliphatic rings. The van der Waals surface area contributed by atoms with Crippen LogP contribution in [0.3, 0.4) is 0 Å². The molecule has 1 saturated heterocycles. The summed E-state index contributed by atoms with van der Waals surface area (Å²) in [4.78, 5) is 19.5. The number of anilines is 1. The van der Waals surface area contributed by atoms with E-state index < -0.39 is 0 Å². The number of carbonyl (C=O) groups is 1. The summed E-state index contributed by atoms with van der Waals surface area (Å²) in [5.74, 6) is 0.281. The standard InChI is InChI=1S/C25H25N5O2/c31-25(28-21-8-9-23-20(13-21)15-27-29-23)19-10-11-26-24(14-19)32-22-7-4-12-30(17-22)16-18-5-2-1-3-6-18/h1-3,5-6,8-11,13-15,22H,4,7,12,16-17H2,(H,27,29)(H,28,31). The smallest absolute Gasteiger partial charge is 0.255 e. The summed E-state index contributed by atoms with van der Waals surface area (Å²) in [5, 5.41) is 10.8. The summed E-state index contributed by atoms with van der Waals surface area (Å²) in [7, 11) is 0. The third-order valence-corrected chi connectivity index (χ3v) is 5.69. The Kier molecular flexibility index (Phi) is 5.81. The number of ether oxygens (including phenoxy) is 1. The van der Waals surface area contributed by atoms with Crippen molar-refractivity contribution in [2.45, 2.75) is 25.5 Å². The van der Waals surface area contributed by atoms with E-state index in [-0.39, 0.29) is 12.0 Å². The van der Waals surface area contributed by atoms with Gasteiger partial charge in [0.1, 0.15) is 6.10 Å². The molecule has 1 aliphatic heterocycles. The molecule has 5 rings (SSSR count). The molecule has 1 amide bonds. The molecule has 1 atom stereocenters. The van der Waals surface area contributed by atoms with E-state index in [0.29, 0.717) is 17.1 Å². The predicted octanol–water partition coefficient (Wildman–Crippen LogP) is 4.25. The molecule has 2 aromatic heterocycles. The van der Waals surface area contributed by atoms with Gasteiger partial charge in [0, 0.05) is 42.0 Å². The molecule has 0 bridgehead atoms. The molecule has 1 fully saturated rings. The van der Waals surface area contributed by atoms with Gasteiger partial charge in [-0.3, -0.25) is 14.8 Å². The minimum Gasteiger partial charge on any atom is -0.473 e. The Balaban J connectivity index is 1.22. The van der Waals surface area contributed by atoms with Crippen molar-refractivity contribution in [3.8, 4) is 5.88 Å². The Labute approximate surface area is 186 Å². The van der Waals surface area contributed by atoms with Crippen LogP contribution in [-0.2, 0) is 6.54 Å². The van der Waals surface area contributed by atoms with Crippen molar-refractivity contribution >= 4 is 22.5 Å². The number of pyridine rings is 1. The molecule has 0 spiro atoms. The van der Waals surface area contributed by atoms with Gasteiger partial charge in [-0.25, -0.2) is 4.98 Å². The number of nitrogens with one attached hydrogen (secondary N) is 2. The summed E-state index contributed by atoms with van der Waals surface area (Å²) in [6, 6.07) is 19.5. The maximum atomic E-state index is 12.8. The van der Waals surface area contributed by atoms with E-state index >= 15 is 0 Å². The maximum absolute atomic E-state index is 12.8. The van der Waals surface area contributed by atoms with Crippen molar-refractivity contribution in [1.29, 1.82) is 0 Å². The van der Waals surface area contributed by atoms with E-state index in [9.17, 15) is 4.79 Å². The number of H-pyrrole nitrogens is 1. The Morgan fingerprint density at radius 1 is 1.16 bits per heavy atom. The molecule has 32 heavy (non-hydrogen) atoms. The molecule has 162 valence electrons. The highest BCUT2D eigenvalue weighted by atomic mass is 16.5. The first kappa shape index (κ1) is 20.2. The van der Waals surface area contributed by atoms with Crippen molar-refractivity contribution in [2.24, 2.45) is 0 Å². The second kappa shape index (κ2) is 9.20. The second-order valence-electron chi connectivity index (χ2n) is 8.11. The lowest BCUT2D eigenvalue weighted by Crippen LogP contribution is -2.40. The van der Waals surface area contributed by atoms with Crippen molar-refractivity contribution in [1.82, 2.24) is 20.1 Å². The van der Waals surface area contributed by atoms with E-state index in [4.69, 9.17) is 4.74 Å². The lowest BCUT2D eigenvalue weighted by Gasteiger charge is -2.32. The number of nitrogens with zero attached hydrogens (tertiary/aromatic N) is 3. The van der Waals surface area contributed by atoms with Crippen LogP contribution in [0.5, 0.6) is 5.88 Å². The van der Waals surface area contributed by atoms with Crippen LogP contribution in [0.15, 0.2) is 73.1 Å². The lowest BCUT2D eigenvalue weighted by atomic mass is 10.1. The Morgan fingerprint density at radius 2 is 2.06 bits per heavy atom. The molecule has 1 unspecified atom stereocenters. The minimum absolute atomic E-state index is 0.0572. The van der Waals surface area contributed by atoms with Crippen molar-refractivity contribution in [3.63, 3.8) is 0 Å². The fraction of sp³-hybridized carbons (Fsp3) is 0.240. The van der Waals surface area contributed by atoms with Crippen molar-refractivity contribution < 1.29 is 9.53 Å². The van der Waals surface area contributed by atoms with Gasteiger partial charge >= 0.3 is 0 Å². The Bertz CT molecular complexity index is 1210. The SMILES string of the molecule is O=C(Nc1ccc2[nH]ncc2c1)c1ccnc(OC2CCCN(Cc3ccccc3)C2)c1. The maximum Gasteiger partial charge on any atom is 0.255 e. The van der Waals surface area contributed by atoms with Crippen LogP contribution in [0.1, 0.15) is 28.8 Å². The van der Waals surface area contributed by atoms with Crippen LogP contribution >= 0.6 is 0 Å². The number of piperidine rings is 1. The van der Waals surface area contributed by atoms with Crippen molar-refractivity contribution in [3.05, 3.63) is 84.2 Å². The number of amides is 1. The highest BCUT2D eigenvalue weighted by molar-refractivity contribution is 6.05. The molecule has 2 aromatic carbocycles. The summed E-state index contributed by atoms with van der Waals surface area (Å²) in [6.45, 7) is 2.82. The number of hydrogen-bond donors (Lipinski definition) is 2. The number of rotatable bonds is 6. The molecular weight excluding hydrogens is 402 g/mol. The van der Waals surface area contributed by atoms with Gasteiger partial charge in [-0.15, -0.1) is 0 Å². The quantitative estimate of drug-likeness (QED) is 0.481. The van der Waals surface area contributed by atoms with E-state index in [1.54, 1.807) is 24.5 Å². The topological polar surface area (TPSA) is 83.1 Å². The summed E-state index contributed by atoms with van der Waals surface area (Å²) >= 11 is 0. The van der Waals surface area contributed by atoms with Crippen LogP contribution in [0.2, 0.25) is 0 Å². The lowest BCUT2D eigenvalue weighted by molar-refractivity contribution is 0.0806. The van der Waals surface area contributed by atoms with Crippen LogP contribution < -0.4 is 10.1 Å². The number of hydrogen-bond acceptors (Lipinski definition) is 5. The van der Waals surface area contributed by atoms with Gasteiger partial charge in [-0.1, -0.05) is 30.3 Å². The average Bonchev–Trinajstić information content (AvgIpc) is 3.28. The molecular formula is C25H25N5O2. The molecule has 7 heteroatoms. The molecule has 7 nitrogen and oxygen atoms in total. The van der Waals surface area contributed by atoms with E-state index in [2.05, 4.69) is 49.7 Å². The van der Waals surface area contributed by atoms with E-state index in [0.717, 1.165) is 43.4 Å². The largest absolute Gasteiger partial charge is 0.473 e. The van der Waals surface area contributed by atoms with Gasteiger partial charge < -0.3 is 10.1 Å². The zero-order valence-electron chi connectivity index (χ0n) is 17.7. The normalized spacial score (nSPS) is 16.7. The fourth-order valence-electron chi connectivity index (χ4n) is 4.10. The van der Waals surface area contributed by atoms with Gasteiger partial charge in [0.2, 0.25) is 5.88 Å². The van der Waals surface area contributed by atoms with Crippen molar-refractivity contribution in [2.75, 3.05) is 18.4 Å². The molecule has 0 radical (unpaired) electrons. The predicted molar refractivity (Wildman–Crippen MR) is 124 cm³/mol. The number of aromatic amines is 1. The van der Waals surface area contributed by atoms with Gasteiger partial charge in [-0.2, -0.15) is 5.10 Å². The summed E-state index contributed by atoms with van der Waals surface area (Å²) in [6.07, 6.45) is 5.46. The number of carbonyl (C=O) groups excluding carboxylic acids is 1. The van der Waals surface area contributed by atoms with E-state index in [1.807, 2.05) is 24.3 Å². The monoisotopic (exact) mass is 427 g/mol. The first-order valence-electron chi connectivity index (χ1n) is 10.9. The van der Waals surface area contributed by atoms with Gasteiger partial charge in [0.25, 0.3) is 5.91 Å². The molecule has 0 aliphatic carbocycles. The third-order valence-electron chi connectivity index (χ3n) is 5.69. The molecule has 2 N–H and O–H groups in total. The summed E-state index contributed by atoms with van der Waals surface area (Å²) in [5.41, 5.74) is 3.46. The van der Waals surface area contributed by atoms with E-state index in [1.165, 1.54) is 5.56 Å². The zero-order chi connectivity index (χ0) is 21.8. The van der Waals surface area contributed by atoms with Gasteiger partial charge in [0.15, 0.2) is 0 Å². The highest BCUT2D eigenvalue weighted by Crippen LogP contribution is 2.21. The van der Waals surface area contributed by atoms with Gasteiger partial charge in [-0.05, 0) is 49.2 Å².